The maximum atomic E-state index is 5.36. The summed E-state index contributed by atoms with van der Waals surface area (Å²) in [5.41, 5.74) is 1.11. The van der Waals surface area contributed by atoms with Gasteiger partial charge in [0.25, 0.3) is 0 Å². The van der Waals surface area contributed by atoms with Crippen LogP contribution < -0.4 is 14.8 Å². The number of hydrogen-bond acceptors (Lipinski definition) is 3. The van der Waals surface area contributed by atoms with Gasteiger partial charge in [0.15, 0.2) is 17.5 Å². The van der Waals surface area contributed by atoms with Crippen LogP contribution in [0.5, 0.6) is 11.5 Å². The molecule has 23 heavy (non-hydrogen) atoms. The Bertz CT molecular complexity index is 523. The number of nitrogens with zero attached hydrogens (tertiary/aromatic N) is 2. The number of likely N-dealkylation sites (tertiary alicyclic amines) is 1. The molecule has 1 heterocycles. The molecule has 1 aromatic rings. The number of methoxy groups -OCH3 is 2. The Hall–Kier alpha value is -1.91. The molecule has 1 saturated heterocycles. The third-order valence-corrected chi connectivity index (χ3v) is 4.28. The van der Waals surface area contributed by atoms with Gasteiger partial charge in [-0.05, 0) is 43.4 Å². The van der Waals surface area contributed by atoms with Gasteiger partial charge in [0.2, 0.25) is 0 Å². The molecule has 0 atom stereocenters. The number of aliphatic imine (C=N–C) groups is 1. The van der Waals surface area contributed by atoms with Crippen molar-refractivity contribution in [3.05, 3.63) is 23.8 Å². The molecule has 1 fully saturated rings. The molecule has 0 aromatic heterocycles. The molecule has 0 amide bonds. The zero-order chi connectivity index (χ0) is 16.7. The van der Waals surface area contributed by atoms with Gasteiger partial charge in [-0.25, -0.2) is 4.99 Å². The van der Waals surface area contributed by atoms with Crippen molar-refractivity contribution < 1.29 is 9.47 Å². The number of piperidine rings is 1. The largest absolute Gasteiger partial charge is 0.493 e. The van der Waals surface area contributed by atoms with Crippen molar-refractivity contribution in [2.45, 2.75) is 33.2 Å². The van der Waals surface area contributed by atoms with E-state index in [9.17, 15) is 0 Å². The van der Waals surface area contributed by atoms with Crippen molar-refractivity contribution in [2.24, 2.45) is 10.9 Å². The van der Waals surface area contributed by atoms with Gasteiger partial charge in [-0.15, -0.1) is 0 Å². The molecule has 0 unspecified atom stereocenters. The maximum absolute atomic E-state index is 5.36. The summed E-state index contributed by atoms with van der Waals surface area (Å²) >= 11 is 0. The maximum Gasteiger partial charge on any atom is 0.194 e. The third kappa shape index (κ3) is 4.78. The minimum atomic E-state index is 0.634. The fraction of sp³-hybridized carbons (Fsp3) is 0.611. The predicted octanol–water partition coefficient (Wildman–Crippen LogP) is 2.90. The molecular formula is C18H29N3O2. The van der Waals surface area contributed by atoms with Crippen molar-refractivity contribution in [1.29, 1.82) is 0 Å². The first-order chi connectivity index (χ1) is 11.2. The average Bonchev–Trinajstić information content (AvgIpc) is 2.59. The van der Waals surface area contributed by atoms with Crippen LogP contribution in [0.2, 0.25) is 0 Å². The van der Waals surface area contributed by atoms with Crippen molar-refractivity contribution in [3.8, 4) is 11.5 Å². The number of nitrogens with one attached hydrogen (secondary N) is 1. The van der Waals surface area contributed by atoms with Gasteiger partial charge in [0, 0.05) is 19.6 Å². The number of benzene rings is 1. The van der Waals surface area contributed by atoms with Crippen LogP contribution in [-0.4, -0.2) is 44.7 Å². The van der Waals surface area contributed by atoms with E-state index in [1.165, 1.54) is 12.8 Å². The molecule has 1 aliphatic rings. The van der Waals surface area contributed by atoms with Crippen LogP contribution in [0.15, 0.2) is 23.2 Å². The standard InChI is InChI=1S/C18H29N3O2/c1-5-19-18(21-10-8-14(2)9-11-21)20-13-15-6-7-16(22-3)17(12-15)23-4/h6-7,12,14H,5,8-11,13H2,1-4H3,(H,19,20). The minimum Gasteiger partial charge on any atom is -0.493 e. The monoisotopic (exact) mass is 319 g/mol. The smallest absolute Gasteiger partial charge is 0.194 e. The van der Waals surface area contributed by atoms with Gasteiger partial charge in [-0.3, -0.25) is 0 Å². The number of guanidine groups is 1. The van der Waals surface area contributed by atoms with E-state index in [0.29, 0.717) is 6.54 Å². The Morgan fingerprint density at radius 2 is 1.91 bits per heavy atom. The highest BCUT2D eigenvalue weighted by Crippen LogP contribution is 2.27. The Balaban J connectivity index is 2.08. The highest BCUT2D eigenvalue weighted by molar-refractivity contribution is 5.80. The molecule has 0 radical (unpaired) electrons. The fourth-order valence-electron chi connectivity index (χ4n) is 2.79. The van der Waals surface area contributed by atoms with E-state index in [4.69, 9.17) is 14.5 Å². The first kappa shape index (κ1) is 17.4. The summed E-state index contributed by atoms with van der Waals surface area (Å²) in [5, 5.41) is 3.41. The summed E-state index contributed by atoms with van der Waals surface area (Å²) in [4.78, 5) is 7.16. The lowest BCUT2D eigenvalue weighted by molar-refractivity contribution is 0.273. The van der Waals surface area contributed by atoms with Crippen molar-refractivity contribution >= 4 is 5.96 Å². The lowest BCUT2D eigenvalue weighted by atomic mass is 10.00. The van der Waals surface area contributed by atoms with Crippen LogP contribution in [0.1, 0.15) is 32.3 Å². The minimum absolute atomic E-state index is 0.634. The lowest BCUT2D eigenvalue weighted by Crippen LogP contribution is -2.45. The van der Waals surface area contributed by atoms with Crippen LogP contribution in [0.3, 0.4) is 0 Å². The van der Waals surface area contributed by atoms with Gasteiger partial charge >= 0.3 is 0 Å². The molecule has 0 saturated carbocycles. The number of hydrogen-bond donors (Lipinski definition) is 1. The Morgan fingerprint density at radius 1 is 1.22 bits per heavy atom. The number of ether oxygens (including phenoxy) is 2. The zero-order valence-electron chi connectivity index (χ0n) is 14.8. The van der Waals surface area contributed by atoms with E-state index in [-0.39, 0.29) is 0 Å². The molecule has 5 nitrogen and oxygen atoms in total. The normalized spacial score (nSPS) is 16.3. The molecule has 2 rings (SSSR count). The molecular weight excluding hydrogens is 290 g/mol. The van der Waals surface area contributed by atoms with Gasteiger partial charge in [0.05, 0.1) is 20.8 Å². The molecule has 5 heteroatoms. The zero-order valence-corrected chi connectivity index (χ0v) is 14.8. The van der Waals surface area contributed by atoms with Gasteiger partial charge in [-0.2, -0.15) is 0 Å². The van der Waals surface area contributed by atoms with E-state index in [0.717, 1.165) is 48.6 Å². The van der Waals surface area contributed by atoms with E-state index in [1.54, 1.807) is 14.2 Å². The van der Waals surface area contributed by atoms with E-state index in [1.807, 2.05) is 18.2 Å². The van der Waals surface area contributed by atoms with Gasteiger partial charge in [-0.1, -0.05) is 13.0 Å². The van der Waals surface area contributed by atoms with Crippen molar-refractivity contribution in [1.82, 2.24) is 10.2 Å². The molecule has 0 spiro atoms. The summed E-state index contributed by atoms with van der Waals surface area (Å²) in [7, 11) is 3.31. The second-order valence-electron chi connectivity index (χ2n) is 6.03. The Kier molecular flexibility index (Phi) is 6.56. The summed E-state index contributed by atoms with van der Waals surface area (Å²) in [6.07, 6.45) is 2.47. The van der Waals surface area contributed by atoms with Crippen molar-refractivity contribution in [3.63, 3.8) is 0 Å². The second kappa shape index (κ2) is 8.65. The third-order valence-electron chi connectivity index (χ3n) is 4.28. The summed E-state index contributed by atoms with van der Waals surface area (Å²) in [5.74, 6) is 3.32. The molecule has 1 N–H and O–H groups in total. The van der Waals surface area contributed by atoms with E-state index < -0.39 is 0 Å². The van der Waals surface area contributed by atoms with Gasteiger partial charge in [0.1, 0.15) is 0 Å². The summed E-state index contributed by atoms with van der Waals surface area (Å²) in [6, 6.07) is 5.95. The highest BCUT2D eigenvalue weighted by atomic mass is 16.5. The first-order valence-electron chi connectivity index (χ1n) is 8.42. The van der Waals surface area contributed by atoms with E-state index in [2.05, 4.69) is 24.1 Å². The highest BCUT2D eigenvalue weighted by Gasteiger charge is 2.18. The fourth-order valence-corrected chi connectivity index (χ4v) is 2.79. The van der Waals surface area contributed by atoms with Gasteiger partial charge < -0.3 is 19.7 Å². The first-order valence-corrected chi connectivity index (χ1v) is 8.42. The summed E-state index contributed by atoms with van der Waals surface area (Å²) < 4.78 is 10.6. The Morgan fingerprint density at radius 3 is 2.52 bits per heavy atom. The van der Waals surface area contributed by atoms with Crippen LogP contribution in [0.25, 0.3) is 0 Å². The quantitative estimate of drug-likeness (QED) is 0.669. The topological polar surface area (TPSA) is 46.1 Å². The molecule has 0 aliphatic carbocycles. The van der Waals surface area contributed by atoms with E-state index >= 15 is 0 Å². The van der Waals surface area contributed by atoms with Crippen LogP contribution in [0.4, 0.5) is 0 Å². The molecule has 128 valence electrons. The lowest BCUT2D eigenvalue weighted by Gasteiger charge is -2.33. The van der Waals surface area contributed by atoms with Crippen LogP contribution in [0, 0.1) is 5.92 Å². The summed E-state index contributed by atoms with van der Waals surface area (Å²) in [6.45, 7) is 8.12. The predicted molar refractivity (Wildman–Crippen MR) is 94.3 cm³/mol. The van der Waals surface area contributed by atoms with Crippen molar-refractivity contribution in [2.75, 3.05) is 33.9 Å². The average molecular weight is 319 g/mol. The van der Waals surface area contributed by atoms with Crippen LogP contribution in [-0.2, 0) is 6.54 Å². The SMILES string of the molecule is CCNC(=NCc1ccc(OC)c(OC)c1)N1CCC(C)CC1. The second-order valence-corrected chi connectivity index (χ2v) is 6.03. The Labute approximate surface area is 139 Å². The molecule has 1 aliphatic heterocycles. The molecule has 1 aromatic carbocycles. The number of rotatable bonds is 5. The van der Waals surface area contributed by atoms with Crippen LogP contribution >= 0.6 is 0 Å². The molecule has 0 bridgehead atoms.